The van der Waals surface area contributed by atoms with Crippen LogP contribution in [-0.4, -0.2) is 48.5 Å². The highest BCUT2D eigenvalue weighted by Gasteiger charge is 2.21. The van der Waals surface area contributed by atoms with Gasteiger partial charge in [0, 0.05) is 37.7 Å². The summed E-state index contributed by atoms with van der Waals surface area (Å²) < 4.78 is 5.62. The maximum absolute atomic E-state index is 12.4. The maximum Gasteiger partial charge on any atom is 0.260 e. The van der Waals surface area contributed by atoms with Crippen molar-refractivity contribution >= 4 is 29.1 Å². The van der Waals surface area contributed by atoms with Crippen molar-refractivity contribution in [3.05, 3.63) is 63.6 Å². The number of carbonyl (C=O) groups excluding carboxylic acids is 1. The maximum atomic E-state index is 12.4. The molecule has 1 fully saturated rings. The van der Waals surface area contributed by atoms with Gasteiger partial charge in [0.2, 0.25) is 0 Å². The molecule has 3 rings (SSSR count). The Hall–Kier alpha value is -1.75. The summed E-state index contributed by atoms with van der Waals surface area (Å²) in [5.41, 5.74) is 2.28. The fourth-order valence-electron chi connectivity index (χ4n) is 2.96. The van der Waals surface area contributed by atoms with E-state index in [1.807, 2.05) is 48.2 Å². The van der Waals surface area contributed by atoms with E-state index >= 15 is 0 Å². The predicted octanol–water partition coefficient (Wildman–Crippen LogP) is 4.03. The number of rotatable bonds is 5. The van der Waals surface area contributed by atoms with Gasteiger partial charge in [0.25, 0.3) is 5.91 Å². The summed E-state index contributed by atoms with van der Waals surface area (Å²) in [5, 5.41) is 1.27. The number of piperazine rings is 1. The number of halogens is 2. The van der Waals surface area contributed by atoms with Gasteiger partial charge >= 0.3 is 0 Å². The number of benzene rings is 2. The van der Waals surface area contributed by atoms with Crippen molar-refractivity contribution in [2.24, 2.45) is 0 Å². The van der Waals surface area contributed by atoms with Gasteiger partial charge in [0.1, 0.15) is 5.75 Å². The van der Waals surface area contributed by atoms with Gasteiger partial charge in [-0.2, -0.15) is 0 Å². The molecule has 1 amide bonds. The minimum atomic E-state index is -0.00582. The molecule has 0 atom stereocenters. The van der Waals surface area contributed by atoms with Crippen molar-refractivity contribution in [3.8, 4) is 5.75 Å². The zero-order chi connectivity index (χ0) is 18.5. The zero-order valence-corrected chi connectivity index (χ0v) is 16.3. The molecule has 0 radical (unpaired) electrons. The Balaban J connectivity index is 1.46. The highest BCUT2D eigenvalue weighted by molar-refractivity contribution is 6.32. The third-order valence-corrected chi connectivity index (χ3v) is 5.05. The summed E-state index contributed by atoms with van der Waals surface area (Å²) in [4.78, 5) is 16.6. The topological polar surface area (TPSA) is 32.8 Å². The van der Waals surface area contributed by atoms with E-state index < -0.39 is 0 Å². The normalized spacial score (nSPS) is 15.1. The van der Waals surface area contributed by atoms with E-state index in [2.05, 4.69) is 4.90 Å². The number of hydrogen-bond donors (Lipinski definition) is 0. The van der Waals surface area contributed by atoms with Crippen molar-refractivity contribution in [1.29, 1.82) is 0 Å². The van der Waals surface area contributed by atoms with Crippen molar-refractivity contribution in [2.75, 3.05) is 32.8 Å². The standard InChI is InChI=1S/C20H22Cl2N2O2/c1-15-2-7-18(22)19(12-15)26-14-20(25)24-10-8-23(9-11-24)13-16-3-5-17(21)6-4-16/h2-7,12H,8-11,13-14H2,1H3. The van der Waals surface area contributed by atoms with E-state index in [0.29, 0.717) is 23.9 Å². The number of aryl methyl sites for hydroxylation is 1. The van der Waals surface area contributed by atoms with Crippen LogP contribution >= 0.6 is 23.2 Å². The van der Waals surface area contributed by atoms with Crippen LogP contribution in [0, 0.1) is 6.92 Å². The minimum Gasteiger partial charge on any atom is -0.482 e. The monoisotopic (exact) mass is 392 g/mol. The van der Waals surface area contributed by atoms with Crippen LogP contribution in [-0.2, 0) is 11.3 Å². The van der Waals surface area contributed by atoms with Crippen LogP contribution in [0.4, 0.5) is 0 Å². The smallest absolute Gasteiger partial charge is 0.260 e. The van der Waals surface area contributed by atoms with Crippen molar-refractivity contribution in [2.45, 2.75) is 13.5 Å². The Bertz CT molecular complexity index is 757. The molecule has 1 heterocycles. The van der Waals surface area contributed by atoms with Crippen LogP contribution in [0.5, 0.6) is 5.75 Å². The van der Waals surface area contributed by atoms with Gasteiger partial charge in [0.05, 0.1) is 5.02 Å². The summed E-state index contributed by atoms with van der Waals surface area (Å²) in [6.07, 6.45) is 0. The number of amides is 1. The van der Waals surface area contributed by atoms with E-state index in [1.54, 1.807) is 6.07 Å². The third kappa shape index (κ3) is 5.13. The lowest BCUT2D eigenvalue weighted by Crippen LogP contribution is -2.49. The van der Waals surface area contributed by atoms with Crippen molar-refractivity contribution in [1.82, 2.24) is 9.80 Å². The Kier molecular flexibility index (Phi) is 6.41. The van der Waals surface area contributed by atoms with Gasteiger partial charge in [0.15, 0.2) is 6.61 Å². The van der Waals surface area contributed by atoms with Crippen LogP contribution in [0.25, 0.3) is 0 Å². The summed E-state index contributed by atoms with van der Waals surface area (Å²) in [7, 11) is 0. The second kappa shape index (κ2) is 8.76. The summed E-state index contributed by atoms with van der Waals surface area (Å²) in [5.74, 6) is 0.551. The Morgan fingerprint density at radius 3 is 2.42 bits per heavy atom. The fourth-order valence-corrected chi connectivity index (χ4v) is 3.25. The van der Waals surface area contributed by atoms with Gasteiger partial charge in [-0.15, -0.1) is 0 Å². The molecule has 1 aliphatic heterocycles. The van der Waals surface area contributed by atoms with Crippen LogP contribution in [0.2, 0.25) is 10.0 Å². The Morgan fingerprint density at radius 2 is 1.73 bits per heavy atom. The molecule has 4 nitrogen and oxygen atoms in total. The molecule has 0 bridgehead atoms. The molecule has 138 valence electrons. The van der Waals surface area contributed by atoms with Gasteiger partial charge < -0.3 is 9.64 Å². The molecule has 0 saturated carbocycles. The quantitative estimate of drug-likeness (QED) is 0.769. The average molecular weight is 393 g/mol. The number of nitrogens with zero attached hydrogens (tertiary/aromatic N) is 2. The lowest BCUT2D eigenvalue weighted by molar-refractivity contribution is -0.135. The van der Waals surface area contributed by atoms with E-state index in [4.69, 9.17) is 27.9 Å². The molecule has 26 heavy (non-hydrogen) atoms. The Morgan fingerprint density at radius 1 is 1.04 bits per heavy atom. The van der Waals surface area contributed by atoms with Crippen LogP contribution in [0.15, 0.2) is 42.5 Å². The van der Waals surface area contributed by atoms with E-state index in [1.165, 1.54) is 5.56 Å². The van der Waals surface area contributed by atoms with Crippen LogP contribution < -0.4 is 4.74 Å². The van der Waals surface area contributed by atoms with E-state index in [-0.39, 0.29) is 12.5 Å². The number of ether oxygens (including phenoxy) is 1. The summed E-state index contributed by atoms with van der Waals surface area (Å²) in [6, 6.07) is 13.4. The van der Waals surface area contributed by atoms with Gasteiger partial charge in [-0.3, -0.25) is 9.69 Å². The number of carbonyl (C=O) groups is 1. The molecular weight excluding hydrogens is 371 g/mol. The molecule has 2 aromatic carbocycles. The Labute approximate surface area is 164 Å². The van der Waals surface area contributed by atoms with Gasteiger partial charge in [-0.1, -0.05) is 41.4 Å². The molecule has 1 saturated heterocycles. The molecule has 1 aliphatic rings. The summed E-state index contributed by atoms with van der Waals surface area (Å²) in [6.45, 7) is 5.95. The lowest BCUT2D eigenvalue weighted by atomic mass is 10.2. The van der Waals surface area contributed by atoms with Crippen molar-refractivity contribution in [3.63, 3.8) is 0 Å². The number of hydrogen-bond acceptors (Lipinski definition) is 3. The first-order valence-corrected chi connectivity index (χ1v) is 9.40. The third-order valence-electron chi connectivity index (χ3n) is 4.48. The molecule has 0 unspecified atom stereocenters. The first kappa shape index (κ1) is 19.0. The summed E-state index contributed by atoms with van der Waals surface area (Å²) >= 11 is 12.0. The predicted molar refractivity (Wildman–Crippen MR) is 105 cm³/mol. The SMILES string of the molecule is Cc1ccc(Cl)c(OCC(=O)N2CCN(Cc3ccc(Cl)cc3)CC2)c1. The van der Waals surface area contributed by atoms with Gasteiger partial charge in [-0.25, -0.2) is 0 Å². The second-order valence-electron chi connectivity index (χ2n) is 6.51. The van der Waals surface area contributed by atoms with E-state index in [9.17, 15) is 4.79 Å². The van der Waals surface area contributed by atoms with Gasteiger partial charge in [-0.05, 0) is 42.3 Å². The van der Waals surface area contributed by atoms with E-state index in [0.717, 1.165) is 30.2 Å². The van der Waals surface area contributed by atoms with Crippen LogP contribution in [0.3, 0.4) is 0 Å². The molecule has 0 aromatic heterocycles. The zero-order valence-electron chi connectivity index (χ0n) is 14.8. The first-order valence-electron chi connectivity index (χ1n) is 8.65. The lowest BCUT2D eigenvalue weighted by Gasteiger charge is -2.34. The fraction of sp³-hybridized carbons (Fsp3) is 0.350. The van der Waals surface area contributed by atoms with Crippen molar-refractivity contribution < 1.29 is 9.53 Å². The molecule has 0 aliphatic carbocycles. The van der Waals surface area contributed by atoms with Crippen LogP contribution in [0.1, 0.15) is 11.1 Å². The minimum absolute atomic E-state index is 0.00582. The molecule has 0 N–H and O–H groups in total. The molecule has 0 spiro atoms. The first-order chi connectivity index (χ1) is 12.5. The molecular formula is C20H22Cl2N2O2. The molecule has 6 heteroatoms. The highest BCUT2D eigenvalue weighted by atomic mass is 35.5. The molecule has 2 aromatic rings. The highest BCUT2D eigenvalue weighted by Crippen LogP contribution is 2.25. The second-order valence-corrected chi connectivity index (χ2v) is 7.35. The average Bonchev–Trinajstić information content (AvgIpc) is 2.65. The largest absolute Gasteiger partial charge is 0.482 e.